The van der Waals surface area contributed by atoms with Gasteiger partial charge in [-0.15, -0.1) is 0 Å². The second kappa shape index (κ2) is 4.55. The Morgan fingerprint density at radius 2 is 2.28 bits per heavy atom. The number of hydrogen-bond donors (Lipinski definition) is 1. The molecule has 0 bridgehead atoms. The zero-order chi connectivity index (χ0) is 12.7. The first-order valence-electron chi connectivity index (χ1n) is 5.84. The summed E-state index contributed by atoms with van der Waals surface area (Å²) in [5.41, 5.74) is 1.73. The summed E-state index contributed by atoms with van der Waals surface area (Å²) >= 11 is 6.03. The molecule has 0 saturated carbocycles. The smallest absolute Gasteiger partial charge is 0.226 e. The standard InChI is InChI=1S/C12H13ClN2O2S/c13-8-1-2-10-11(5-8)15-3-4-18(17)7-9(15)6-12(16)14-10/h1-2,5,9H,3-4,6-7H2,(H,14,16). The molecule has 2 aliphatic heterocycles. The monoisotopic (exact) mass is 284 g/mol. The van der Waals surface area contributed by atoms with Gasteiger partial charge in [0.1, 0.15) is 0 Å². The van der Waals surface area contributed by atoms with Crippen molar-refractivity contribution in [1.82, 2.24) is 0 Å². The molecule has 1 N–H and O–H groups in total. The molecule has 1 amide bonds. The molecule has 2 aliphatic rings. The Balaban J connectivity index is 2.06. The van der Waals surface area contributed by atoms with E-state index in [0.29, 0.717) is 29.5 Å². The van der Waals surface area contributed by atoms with E-state index in [0.717, 1.165) is 11.4 Å². The molecule has 18 heavy (non-hydrogen) atoms. The van der Waals surface area contributed by atoms with Crippen molar-refractivity contribution in [3.8, 4) is 0 Å². The fourth-order valence-corrected chi connectivity index (χ4v) is 3.98. The predicted molar refractivity (Wildman–Crippen MR) is 73.7 cm³/mol. The number of hydrogen-bond acceptors (Lipinski definition) is 3. The molecule has 2 atom stereocenters. The van der Waals surface area contributed by atoms with Crippen molar-refractivity contribution < 1.29 is 9.00 Å². The second-order valence-corrected chi connectivity index (χ2v) is 6.63. The van der Waals surface area contributed by atoms with E-state index in [4.69, 9.17) is 11.6 Å². The summed E-state index contributed by atoms with van der Waals surface area (Å²) in [5, 5.41) is 3.53. The van der Waals surface area contributed by atoms with E-state index in [9.17, 15) is 9.00 Å². The van der Waals surface area contributed by atoms with Gasteiger partial charge in [0.05, 0.1) is 11.4 Å². The normalized spacial score (nSPS) is 26.9. The highest BCUT2D eigenvalue weighted by atomic mass is 35.5. The van der Waals surface area contributed by atoms with Crippen LogP contribution < -0.4 is 10.2 Å². The number of halogens is 1. The van der Waals surface area contributed by atoms with Gasteiger partial charge in [-0.25, -0.2) is 0 Å². The number of fused-ring (bicyclic) bond motifs is 3. The minimum atomic E-state index is -0.818. The quantitative estimate of drug-likeness (QED) is 0.788. The van der Waals surface area contributed by atoms with Crippen LogP contribution in [0.1, 0.15) is 6.42 Å². The van der Waals surface area contributed by atoms with Gasteiger partial charge in [-0.3, -0.25) is 9.00 Å². The van der Waals surface area contributed by atoms with Gasteiger partial charge in [0.25, 0.3) is 0 Å². The van der Waals surface area contributed by atoms with Crippen molar-refractivity contribution in [2.24, 2.45) is 0 Å². The fourth-order valence-electron chi connectivity index (χ4n) is 2.52. The van der Waals surface area contributed by atoms with Crippen LogP contribution in [0.5, 0.6) is 0 Å². The van der Waals surface area contributed by atoms with Crippen molar-refractivity contribution in [3.63, 3.8) is 0 Å². The van der Waals surface area contributed by atoms with Crippen molar-refractivity contribution >= 4 is 39.7 Å². The summed E-state index contributed by atoms with van der Waals surface area (Å²) in [6.07, 6.45) is 0.387. The molecule has 2 heterocycles. The summed E-state index contributed by atoms with van der Waals surface area (Å²) in [6, 6.07) is 5.47. The highest BCUT2D eigenvalue weighted by Gasteiger charge is 2.32. The minimum absolute atomic E-state index is 0.0132. The van der Waals surface area contributed by atoms with Crippen LogP contribution in [0.4, 0.5) is 11.4 Å². The maximum atomic E-state index is 11.8. The molecule has 0 spiro atoms. The Morgan fingerprint density at radius 1 is 1.44 bits per heavy atom. The van der Waals surface area contributed by atoms with Crippen molar-refractivity contribution in [2.45, 2.75) is 12.5 Å². The molecular weight excluding hydrogens is 272 g/mol. The van der Waals surface area contributed by atoms with Crippen molar-refractivity contribution in [2.75, 3.05) is 28.3 Å². The van der Waals surface area contributed by atoms with E-state index in [2.05, 4.69) is 10.2 Å². The van der Waals surface area contributed by atoms with Crippen LogP contribution in [0, 0.1) is 0 Å². The molecule has 2 unspecified atom stereocenters. The summed E-state index contributed by atoms with van der Waals surface area (Å²) in [7, 11) is -0.818. The summed E-state index contributed by atoms with van der Waals surface area (Å²) in [5.74, 6) is 1.18. The van der Waals surface area contributed by atoms with Gasteiger partial charge in [-0.1, -0.05) is 11.6 Å². The number of rotatable bonds is 0. The Kier molecular flexibility index (Phi) is 3.03. The van der Waals surface area contributed by atoms with Crippen molar-refractivity contribution in [1.29, 1.82) is 0 Å². The SMILES string of the molecule is O=C1CC2CS(=O)CCN2c2cc(Cl)ccc2N1. The van der Waals surface area contributed by atoms with E-state index in [-0.39, 0.29) is 11.9 Å². The molecule has 3 rings (SSSR count). The Bertz CT molecular complexity index is 535. The summed E-state index contributed by atoms with van der Waals surface area (Å²) in [6.45, 7) is 0.708. The van der Waals surface area contributed by atoms with Crippen LogP contribution in [0.3, 0.4) is 0 Å². The molecular formula is C12H13ClN2O2S. The highest BCUT2D eigenvalue weighted by molar-refractivity contribution is 7.85. The van der Waals surface area contributed by atoms with E-state index in [1.165, 1.54) is 0 Å². The zero-order valence-electron chi connectivity index (χ0n) is 9.69. The summed E-state index contributed by atoms with van der Waals surface area (Å²) in [4.78, 5) is 14.0. The lowest BCUT2D eigenvalue weighted by atomic mass is 10.1. The van der Waals surface area contributed by atoms with Crippen LogP contribution >= 0.6 is 11.6 Å². The maximum absolute atomic E-state index is 11.8. The maximum Gasteiger partial charge on any atom is 0.226 e. The van der Waals surface area contributed by atoms with Gasteiger partial charge >= 0.3 is 0 Å². The minimum Gasteiger partial charge on any atom is -0.364 e. The molecule has 0 aliphatic carbocycles. The van der Waals surface area contributed by atoms with E-state index >= 15 is 0 Å². The fraction of sp³-hybridized carbons (Fsp3) is 0.417. The summed E-state index contributed by atoms with van der Waals surface area (Å²) < 4.78 is 11.6. The van der Waals surface area contributed by atoms with Gasteiger partial charge in [-0.05, 0) is 18.2 Å². The molecule has 0 radical (unpaired) electrons. The number of benzene rings is 1. The van der Waals surface area contributed by atoms with Gasteiger partial charge in [0.15, 0.2) is 0 Å². The van der Waals surface area contributed by atoms with E-state index in [1.807, 2.05) is 12.1 Å². The van der Waals surface area contributed by atoms with Crippen LogP contribution in [0.15, 0.2) is 18.2 Å². The number of nitrogens with one attached hydrogen (secondary N) is 1. The Labute approximate surface area is 113 Å². The largest absolute Gasteiger partial charge is 0.364 e. The molecule has 1 fully saturated rings. The highest BCUT2D eigenvalue weighted by Crippen LogP contribution is 2.35. The first-order valence-corrected chi connectivity index (χ1v) is 7.71. The first-order chi connectivity index (χ1) is 8.63. The first kappa shape index (κ1) is 12.0. The van der Waals surface area contributed by atoms with Crippen molar-refractivity contribution in [3.05, 3.63) is 23.2 Å². The average molecular weight is 285 g/mol. The third kappa shape index (κ3) is 2.12. The van der Waals surface area contributed by atoms with Crippen LogP contribution in [0.25, 0.3) is 0 Å². The molecule has 6 heteroatoms. The van der Waals surface area contributed by atoms with E-state index in [1.54, 1.807) is 6.07 Å². The molecule has 0 aromatic heterocycles. The molecule has 96 valence electrons. The lowest BCUT2D eigenvalue weighted by Gasteiger charge is -2.35. The number of carbonyl (C=O) groups excluding carboxylic acids is 1. The molecule has 1 aromatic carbocycles. The van der Waals surface area contributed by atoms with Crippen LogP contribution in [-0.4, -0.2) is 34.2 Å². The number of nitrogens with zero attached hydrogens (tertiary/aromatic N) is 1. The zero-order valence-corrected chi connectivity index (χ0v) is 11.3. The molecule has 1 aromatic rings. The van der Waals surface area contributed by atoms with Gasteiger partial charge in [0, 0.05) is 46.3 Å². The van der Waals surface area contributed by atoms with Crippen LogP contribution in [0.2, 0.25) is 5.02 Å². The average Bonchev–Trinajstić information content (AvgIpc) is 2.44. The number of carbonyl (C=O) groups is 1. The lowest BCUT2D eigenvalue weighted by molar-refractivity contribution is -0.116. The third-order valence-electron chi connectivity index (χ3n) is 3.34. The van der Waals surface area contributed by atoms with Gasteiger partial charge in [-0.2, -0.15) is 0 Å². The van der Waals surface area contributed by atoms with Gasteiger partial charge < -0.3 is 10.2 Å². The Morgan fingerprint density at radius 3 is 3.11 bits per heavy atom. The lowest BCUT2D eigenvalue weighted by Crippen LogP contribution is -2.47. The topological polar surface area (TPSA) is 49.4 Å². The Hall–Kier alpha value is -1.07. The second-order valence-electron chi connectivity index (χ2n) is 4.57. The van der Waals surface area contributed by atoms with Gasteiger partial charge in [0.2, 0.25) is 5.91 Å². The number of anilines is 2. The molecule has 4 nitrogen and oxygen atoms in total. The predicted octanol–water partition coefficient (Wildman–Crippen LogP) is 1.62. The third-order valence-corrected chi connectivity index (χ3v) is 4.97. The number of amides is 1. The molecule has 1 saturated heterocycles. The van der Waals surface area contributed by atoms with Crippen LogP contribution in [-0.2, 0) is 15.6 Å². The van der Waals surface area contributed by atoms with E-state index < -0.39 is 10.8 Å².